The van der Waals surface area contributed by atoms with E-state index in [0.29, 0.717) is 36.2 Å². The molecule has 0 aromatic carbocycles. The van der Waals surface area contributed by atoms with Gasteiger partial charge in [-0.2, -0.15) is 0 Å². The topological polar surface area (TPSA) is 90.7 Å². The summed E-state index contributed by atoms with van der Waals surface area (Å²) >= 11 is 0. The number of carbonyl (C=O) groups excluding carboxylic acids is 2. The minimum atomic E-state index is -0.160. The fraction of sp³-hybridized carbons (Fsp3) is 0.526. The highest BCUT2D eigenvalue weighted by molar-refractivity contribution is 5.98. The van der Waals surface area contributed by atoms with E-state index >= 15 is 0 Å². The number of hydrogen-bond acceptors (Lipinski definition) is 6. The highest BCUT2D eigenvalue weighted by Gasteiger charge is 2.35. The third-order valence-electron chi connectivity index (χ3n) is 5.95. The number of anilines is 1. The Labute approximate surface area is 156 Å². The monoisotopic (exact) mass is 369 g/mol. The molecule has 8 heteroatoms. The van der Waals surface area contributed by atoms with E-state index in [9.17, 15) is 9.59 Å². The number of nitrogens with one attached hydrogen (secondary N) is 2. The maximum absolute atomic E-state index is 12.7. The van der Waals surface area contributed by atoms with E-state index in [1.807, 2.05) is 0 Å². The molecule has 0 saturated carbocycles. The zero-order chi connectivity index (χ0) is 18.4. The lowest BCUT2D eigenvalue weighted by Crippen LogP contribution is -2.57. The van der Waals surface area contributed by atoms with Crippen LogP contribution in [0.25, 0.3) is 11.0 Å². The summed E-state index contributed by atoms with van der Waals surface area (Å²) in [5.74, 6) is 0.894. The summed E-state index contributed by atoms with van der Waals surface area (Å²) in [5.41, 5.74) is 0.928. The largest absolute Gasteiger partial charge is 0.440 e. The van der Waals surface area contributed by atoms with E-state index in [1.165, 1.54) is 0 Å². The standard InChI is InChI=1S/C19H23N5O3/c25-17-10-20-3-6-24(17)18-7-13-9-21-14(8-16(13)27-18)19(26)22-15-11-23-4-1-12(15)2-5-23/h7-9,12,15,20H,1-6,10-11H2,(H,22,26)/t15-/m0/s1. The molecule has 27 heavy (non-hydrogen) atoms. The minimum Gasteiger partial charge on any atom is -0.440 e. The Morgan fingerprint density at radius 1 is 1.26 bits per heavy atom. The average Bonchev–Trinajstić information content (AvgIpc) is 3.12. The Kier molecular flexibility index (Phi) is 4.09. The maximum atomic E-state index is 12.7. The van der Waals surface area contributed by atoms with Crippen molar-refractivity contribution in [2.24, 2.45) is 5.92 Å². The molecular formula is C19H23N5O3. The molecule has 2 N–H and O–H groups in total. The number of piperidine rings is 3. The SMILES string of the molecule is O=C(N[C@H]1CN2CCC1CC2)c1cc2oc(N3CCNCC3=O)cc2cn1. The predicted molar refractivity (Wildman–Crippen MR) is 99.6 cm³/mol. The van der Waals surface area contributed by atoms with Crippen molar-refractivity contribution in [3.63, 3.8) is 0 Å². The van der Waals surface area contributed by atoms with E-state index in [4.69, 9.17) is 4.42 Å². The number of pyridine rings is 1. The first kappa shape index (κ1) is 16.7. The third kappa shape index (κ3) is 3.08. The highest BCUT2D eigenvalue weighted by atomic mass is 16.4. The van der Waals surface area contributed by atoms with Crippen molar-refractivity contribution < 1.29 is 14.0 Å². The fourth-order valence-electron chi connectivity index (χ4n) is 4.39. The Morgan fingerprint density at radius 2 is 2.11 bits per heavy atom. The van der Waals surface area contributed by atoms with Crippen molar-refractivity contribution in [1.82, 2.24) is 20.5 Å². The molecular weight excluding hydrogens is 346 g/mol. The van der Waals surface area contributed by atoms with Gasteiger partial charge in [0.1, 0.15) is 11.3 Å². The van der Waals surface area contributed by atoms with Gasteiger partial charge in [-0.25, -0.2) is 0 Å². The summed E-state index contributed by atoms with van der Waals surface area (Å²) in [6.07, 6.45) is 3.94. The van der Waals surface area contributed by atoms with Gasteiger partial charge in [0.25, 0.3) is 5.91 Å². The second kappa shape index (κ2) is 6.61. The van der Waals surface area contributed by atoms with Gasteiger partial charge in [0.15, 0.2) is 0 Å². The average molecular weight is 369 g/mol. The predicted octanol–water partition coefficient (Wildman–Crippen LogP) is 0.588. The molecule has 0 spiro atoms. The van der Waals surface area contributed by atoms with Gasteiger partial charge >= 0.3 is 0 Å². The summed E-state index contributed by atoms with van der Waals surface area (Å²) in [6.45, 7) is 4.81. The Hall–Kier alpha value is -2.45. The van der Waals surface area contributed by atoms with Gasteiger partial charge in [-0.1, -0.05) is 0 Å². The molecule has 4 saturated heterocycles. The number of carbonyl (C=O) groups is 2. The molecule has 142 valence electrons. The lowest BCUT2D eigenvalue weighted by atomic mass is 9.84. The van der Waals surface area contributed by atoms with Gasteiger partial charge in [-0.15, -0.1) is 0 Å². The quantitative estimate of drug-likeness (QED) is 0.823. The van der Waals surface area contributed by atoms with Gasteiger partial charge in [0.05, 0.1) is 6.54 Å². The van der Waals surface area contributed by atoms with Crippen LogP contribution in [0.4, 0.5) is 5.88 Å². The third-order valence-corrected chi connectivity index (χ3v) is 5.95. The van der Waals surface area contributed by atoms with Crippen molar-refractivity contribution in [1.29, 1.82) is 0 Å². The van der Waals surface area contributed by atoms with Crippen molar-refractivity contribution in [2.75, 3.05) is 44.2 Å². The van der Waals surface area contributed by atoms with E-state index in [0.717, 1.165) is 44.4 Å². The van der Waals surface area contributed by atoms with Gasteiger partial charge in [-0.3, -0.25) is 19.5 Å². The molecule has 6 rings (SSSR count). The van der Waals surface area contributed by atoms with Gasteiger partial charge in [-0.05, 0) is 31.8 Å². The molecule has 4 aliphatic heterocycles. The fourth-order valence-corrected chi connectivity index (χ4v) is 4.39. The van der Waals surface area contributed by atoms with Gasteiger partial charge < -0.3 is 20.0 Å². The van der Waals surface area contributed by atoms with Gasteiger partial charge in [0.2, 0.25) is 11.8 Å². The first-order valence-corrected chi connectivity index (χ1v) is 9.61. The Balaban J connectivity index is 1.34. The van der Waals surface area contributed by atoms with Crippen LogP contribution in [0.5, 0.6) is 0 Å². The molecule has 0 unspecified atom stereocenters. The maximum Gasteiger partial charge on any atom is 0.270 e. The normalized spacial score (nSPS) is 27.9. The first-order chi connectivity index (χ1) is 13.2. The number of aromatic nitrogens is 1. The van der Waals surface area contributed by atoms with E-state index in [1.54, 1.807) is 23.2 Å². The molecule has 1 atom stereocenters. The van der Waals surface area contributed by atoms with E-state index in [2.05, 4.69) is 20.5 Å². The number of rotatable bonds is 3. The minimum absolute atomic E-state index is 0.0198. The molecule has 4 fully saturated rings. The van der Waals surface area contributed by atoms with Gasteiger partial charge in [0, 0.05) is 49.4 Å². The molecule has 2 aromatic rings. The molecule has 6 heterocycles. The summed E-state index contributed by atoms with van der Waals surface area (Å²) in [4.78, 5) is 33.1. The van der Waals surface area contributed by atoms with Crippen LogP contribution in [-0.4, -0.2) is 67.0 Å². The number of amides is 2. The first-order valence-electron chi connectivity index (χ1n) is 9.61. The molecule has 2 aromatic heterocycles. The summed E-state index contributed by atoms with van der Waals surface area (Å²) in [7, 11) is 0. The Morgan fingerprint density at radius 3 is 2.85 bits per heavy atom. The van der Waals surface area contributed by atoms with Crippen LogP contribution in [-0.2, 0) is 4.79 Å². The van der Waals surface area contributed by atoms with Crippen LogP contribution in [0.2, 0.25) is 0 Å². The number of furan rings is 1. The lowest BCUT2D eigenvalue weighted by molar-refractivity contribution is -0.118. The van der Waals surface area contributed by atoms with Crippen LogP contribution < -0.4 is 15.5 Å². The van der Waals surface area contributed by atoms with Crippen LogP contribution >= 0.6 is 0 Å². The van der Waals surface area contributed by atoms with E-state index < -0.39 is 0 Å². The molecule has 4 aliphatic rings. The zero-order valence-corrected chi connectivity index (χ0v) is 15.1. The molecule has 2 bridgehead atoms. The van der Waals surface area contributed by atoms with Crippen molar-refractivity contribution in [3.8, 4) is 0 Å². The number of fused-ring (bicyclic) bond motifs is 4. The molecule has 2 amide bonds. The second-order valence-corrected chi connectivity index (χ2v) is 7.63. The molecule has 0 radical (unpaired) electrons. The number of piperazine rings is 1. The van der Waals surface area contributed by atoms with Crippen LogP contribution in [0.1, 0.15) is 23.3 Å². The Bertz CT molecular complexity index is 887. The summed E-state index contributed by atoms with van der Waals surface area (Å²) in [6, 6.07) is 3.67. The summed E-state index contributed by atoms with van der Waals surface area (Å²) < 4.78 is 5.86. The van der Waals surface area contributed by atoms with Crippen LogP contribution in [0, 0.1) is 5.92 Å². The van der Waals surface area contributed by atoms with E-state index in [-0.39, 0.29) is 17.9 Å². The molecule has 8 nitrogen and oxygen atoms in total. The van der Waals surface area contributed by atoms with Crippen molar-refractivity contribution >= 4 is 28.7 Å². The van der Waals surface area contributed by atoms with Crippen LogP contribution in [0.15, 0.2) is 22.7 Å². The number of hydrogen-bond donors (Lipinski definition) is 2. The zero-order valence-electron chi connectivity index (χ0n) is 15.1. The number of nitrogens with zero attached hydrogens (tertiary/aromatic N) is 3. The second-order valence-electron chi connectivity index (χ2n) is 7.63. The smallest absolute Gasteiger partial charge is 0.270 e. The summed E-state index contributed by atoms with van der Waals surface area (Å²) in [5, 5.41) is 6.98. The van der Waals surface area contributed by atoms with Crippen molar-refractivity contribution in [2.45, 2.75) is 18.9 Å². The highest BCUT2D eigenvalue weighted by Crippen LogP contribution is 2.29. The van der Waals surface area contributed by atoms with Crippen LogP contribution in [0.3, 0.4) is 0 Å². The lowest BCUT2D eigenvalue weighted by Gasteiger charge is -2.44. The van der Waals surface area contributed by atoms with Crippen molar-refractivity contribution in [3.05, 3.63) is 24.0 Å². The molecule has 0 aliphatic carbocycles.